The SMILES string of the molecule is [B]c1c([B])c([B])c2c(-c3ccccc3)nc(-c3ccc4c(c3)C(C)(C)c3cccc5c6sc7ccccc7c6n-4c35)nc2c1[B]. The molecule has 8 aromatic rings. The number of rotatable bonds is 2. The molecule has 4 heterocycles. The van der Waals surface area contributed by atoms with Gasteiger partial charge >= 0.3 is 0 Å². The van der Waals surface area contributed by atoms with E-state index in [1.807, 2.05) is 41.7 Å². The lowest BCUT2D eigenvalue weighted by molar-refractivity contribution is 0.630. The quantitative estimate of drug-likeness (QED) is 0.266. The van der Waals surface area contributed by atoms with Gasteiger partial charge in [0.05, 0.1) is 32.6 Å². The molecule has 1 aliphatic rings. The van der Waals surface area contributed by atoms with E-state index in [4.69, 9.17) is 41.4 Å². The molecule has 0 N–H and O–H groups in total. The maximum Gasteiger partial charge on any atom is 0.160 e. The first-order valence-electron chi connectivity index (χ1n) is 14.8. The predicted molar refractivity (Wildman–Crippen MR) is 194 cm³/mol. The molecule has 1 aliphatic heterocycles. The monoisotopic (exact) mass is 583 g/mol. The van der Waals surface area contributed by atoms with E-state index in [-0.39, 0.29) is 16.3 Å². The van der Waals surface area contributed by atoms with Crippen LogP contribution in [-0.2, 0) is 5.41 Å². The second kappa shape index (κ2) is 9.24. The summed E-state index contributed by atoms with van der Waals surface area (Å²) in [6.07, 6.45) is 0. The van der Waals surface area contributed by atoms with E-state index in [2.05, 4.69) is 79.1 Å². The van der Waals surface area contributed by atoms with Gasteiger partial charge in [0.25, 0.3) is 0 Å². The van der Waals surface area contributed by atoms with Crippen LogP contribution < -0.4 is 21.9 Å². The first-order chi connectivity index (χ1) is 21.8. The van der Waals surface area contributed by atoms with Gasteiger partial charge in [0.15, 0.2) is 5.82 Å². The highest BCUT2D eigenvalue weighted by Gasteiger charge is 2.36. The van der Waals surface area contributed by atoms with Crippen molar-refractivity contribution in [1.82, 2.24) is 14.5 Å². The molecule has 5 aromatic carbocycles. The Morgan fingerprint density at radius 1 is 0.644 bits per heavy atom. The lowest BCUT2D eigenvalue weighted by Crippen LogP contribution is -2.48. The molecule has 0 saturated heterocycles. The summed E-state index contributed by atoms with van der Waals surface area (Å²) < 4.78 is 5.06. The Morgan fingerprint density at radius 3 is 2.20 bits per heavy atom. The molecule has 0 fully saturated rings. The molecule has 0 aliphatic carbocycles. The zero-order valence-corrected chi connectivity index (χ0v) is 25.5. The van der Waals surface area contributed by atoms with Crippen LogP contribution in [0, 0.1) is 0 Å². The molecular weight excluding hydrogens is 562 g/mol. The van der Waals surface area contributed by atoms with Gasteiger partial charge in [-0.15, -0.1) is 22.3 Å². The molecule has 3 aromatic heterocycles. The summed E-state index contributed by atoms with van der Waals surface area (Å²) in [5, 5.41) is 3.16. The van der Waals surface area contributed by atoms with Crippen LogP contribution in [0.15, 0.2) is 91.0 Å². The van der Waals surface area contributed by atoms with E-state index in [1.165, 1.54) is 42.3 Å². The minimum Gasteiger partial charge on any atom is -0.307 e. The first-order valence-corrected chi connectivity index (χ1v) is 15.7. The second-order valence-electron chi connectivity index (χ2n) is 12.3. The molecule has 8 radical (unpaired) electrons. The van der Waals surface area contributed by atoms with Gasteiger partial charge < -0.3 is 4.57 Å². The molecule has 45 heavy (non-hydrogen) atoms. The van der Waals surface area contributed by atoms with Crippen LogP contribution in [0.1, 0.15) is 25.0 Å². The van der Waals surface area contributed by atoms with Gasteiger partial charge in [0.2, 0.25) is 0 Å². The third kappa shape index (κ3) is 3.52. The molecule has 0 bridgehead atoms. The second-order valence-corrected chi connectivity index (χ2v) is 13.4. The van der Waals surface area contributed by atoms with E-state index in [1.54, 1.807) is 0 Å². The molecular formula is C37H21B4N3S. The van der Waals surface area contributed by atoms with E-state index in [0.717, 1.165) is 16.8 Å². The molecule has 0 atom stereocenters. The van der Waals surface area contributed by atoms with E-state index in [9.17, 15) is 0 Å². The summed E-state index contributed by atoms with van der Waals surface area (Å²) in [4.78, 5) is 10.1. The Labute approximate surface area is 270 Å². The van der Waals surface area contributed by atoms with Crippen LogP contribution in [0.2, 0.25) is 0 Å². The Balaban J connectivity index is 1.35. The Bertz CT molecular complexity index is 2570. The van der Waals surface area contributed by atoms with Gasteiger partial charge in [0, 0.05) is 37.4 Å². The number of nitrogens with zero attached hydrogens (tertiary/aromatic N) is 3. The fraction of sp³-hybridized carbons (Fsp3) is 0.0811. The number of thiophene rings is 1. The van der Waals surface area contributed by atoms with Crippen molar-refractivity contribution in [2.75, 3.05) is 0 Å². The number of benzene rings is 5. The van der Waals surface area contributed by atoms with Gasteiger partial charge in [-0.3, -0.25) is 0 Å². The average Bonchev–Trinajstić information content (AvgIpc) is 3.60. The third-order valence-corrected chi connectivity index (χ3v) is 10.7. The fourth-order valence-corrected chi connectivity index (χ4v) is 8.39. The molecule has 0 amide bonds. The number of fused-ring (bicyclic) bond motifs is 8. The maximum absolute atomic E-state index is 6.55. The maximum atomic E-state index is 6.55. The normalized spacial score (nSPS) is 13.6. The Hall–Kier alpha value is -4.54. The van der Waals surface area contributed by atoms with Crippen molar-refractivity contribution in [1.29, 1.82) is 0 Å². The summed E-state index contributed by atoms with van der Waals surface area (Å²) in [5.74, 6) is 0.540. The Morgan fingerprint density at radius 2 is 1.38 bits per heavy atom. The van der Waals surface area contributed by atoms with Crippen LogP contribution >= 0.6 is 11.3 Å². The molecule has 0 unspecified atom stereocenters. The van der Waals surface area contributed by atoms with Crippen molar-refractivity contribution < 1.29 is 0 Å². The number of aromatic nitrogens is 3. The summed E-state index contributed by atoms with van der Waals surface area (Å²) in [6.45, 7) is 4.60. The number of hydrogen-bond donors (Lipinski definition) is 0. The van der Waals surface area contributed by atoms with Crippen molar-refractivity contribution in [2.24, 2.45) is 0 Å². The highest BCUT2D eigenvalue weighted by molar-refractivity contribution is 7.26. The third-order valence-electron chi connectivity index (χ3n) is 9.49. The van der Waals surface area contributed by atoms with Crippen LogP contribution in [0.3, 0.4) is 0 Å². The van der Waals surface area contributed by atoms with Gasteiger partial charge in [-0.2, -0.15) is 0 Å². The van der Waals surface area contributed by atoms with Gasteiger partial charge in [-0.05, 0) is 35.4 Å². The highest BCUT2D eigenvalue weighted by atomic mass is 32.1. The molecule has 202 valence electrons. The standard InChI is InChI=1S/C37H21B4N3S/c1-37(2)22-13-8-12-21-33(22)44(34-20-11-6-7-14-25(20)45-35(21)34)24-16-15-19(17-23(24)37)36-42-31(18-9-4-3-5-10-18)26-27(38)28(39)29(40)30(41)32(26)43-36/h3-17H,1-2H3. The largest absolute Gasteiger partial charge is 0.307 e. The number of hydrogen-bond acceptors (Lipinski definition) is 3. The minimum absolute atomic E-state index is 0.232. The summed E-state index contributed by atoms with van der Waals surface area (Å²) in [7, 11) is 25.7. The predicted octanol–water partition coefficient (Wildman–Crippen LogP) is 5.09. The van der Waals surface area contributed by atoms with E-state index in [0.29, 0.717) is 33.3 Å². The van der Waals surface area contributed by atoms with Crippen molar-refractivity contribution in [3.05, 3.63) is 102 Å². The highest BCUT2D eigenvalue weighted by Crippen LogP contribution is 2.51. The topological polar surface area (TPSA) is 30.7 Å². The van der Waals surface area contributed by atoms with Gasteiger partial charge in [-0.1, -0.05) is 91.5 Å². The van der Waals surface area contributed by atoms with Crippen molar-refractivity contribution in [2.45, 2.75) is 19.3 Å². The average molecular weight is 583 g/mol. The van der Waals surface area contributed by atoms with Crippen molar-refractivity contribution >= 4 is 107 Å². The molecule has 3 nitrogen and oxygen atoms in total. The molecule has 9 rings (SSSR count). The summed E-state index contributed by atoms with van der Waals surface area (Å²) >= 11 is 1.86. The summed E-state index contributed by atoms with van der Waals surface area (Å²) in [6, 6.07) is 31.8. The van der Waals surface area contributed by atoms with Gasteiger partial charge in [0.1, 0.15) is 31.4 Å². The van der Waals surface area contributed by atoms with E-state index < -0.39 is 0 Å². The minimum atomic E-state index is -0.279. The van der Waals surface area contributed by atoms with Crippen LogP contribution in [0.5, 0.6) is 0 Å². The van der Waals surface area contributed by atoms with Gasteiger partial charge in [-0.25, -0.2) is 9.97 Å². The van der Waals surface area contributed by atoms with E-state index >= 15 is 0 Å². The molecule has 0 saturated carbocycles. The number of para-hydroxylation sites is 1. The lowest BCUT2D eigenvalue weighted by Gasteiger charge is -2.35. The van der Waals surface area contributed by atoms with Crippen LogP contribution in [0.4, 0.5) is 0 Å². The zero-order valence-electron chi connectivity index (χ0n) is 24.7. The first kappa shape index (κ1) is 26.8. The zero-order chi connectivity index (χ0) is 30.8. The summed E-state index contributed by atoms with van der Waals surface area (Å²) in [5.41, 5.74) is 9.92. The van der Waals surface area contributed by atoms with Crippen molar-refractivity contribution in [3.8, 4) is 28.3 Å². The molecule has 0 spiro atoms. The fourth-order valence-electron chi connectivity index (χ4n) is 7.17. The van der Waals surface area contributed by atoms with Crippen molar-refractivity contribution in [3.63, 3.8) is 0 Å². The van der Waals surface area contributed by atoms with Crippen LogP contribution in [-0.4, -0.2) is 45.9 Å². The lowest BCUT2D eigenvalue weighted by atomic mass is 9.65. The van der Waals surface area contributed by atoms with Crippen LogP contribution in [0.25, 0.3) is 70.4 Å². The smallest absolute Gasteiger partial charge is 0.160 e. The molecule has 8 heteroatoms. The Kier molecular flexibility index (Phi) is 5.51.